The molecular formula is C32H32BrN5O2. The van der Waals surface area contributed by atoms with Crippen LogP contribution in [0.3, 0.4) is 0 Å². The number of aromatic nitrogens is 2. The number of benzene rings is 2. The van der Waals surface area contributed by atoms with E-state index in [1.165, 1.54) is 6.42 Å². The van der Waals surface area contributed by atoms with Gasteiger partial charge in [0.1, 0.15) is 5.82 Å². The van der Waals surface area contributed by atoms with Crippen molar-refractivity contribution in [1.29, 1.82) is 0 Å². The number of urea groups is 1. The summed E-state index contributed by atoms with van der Waals surface area (Å²) in [5, 5.41) is 5.97. The van der Waals surface area contributed by atoms with Crippen molar-refractivity contribution in [2.75, 3.05) is 10.6 Å². The summed E-state index contributed by atoms with van der Waals surface area (Å²) in [6.07, 6.45) is 10.7. The highest BCUT2D eigenvalue weighted by Crippen LogP contribution is 2.26. The third-order valence-corrected chi connectivity index (χ3v) is 7.66. The third kappa shape index (κ3) is 7.54. The fourth-order valence-electron chi connectivity index (χ4n) is 4.90. The number of carbonyl (C=O) groups excluding carboxylic acids is 2. The van der Waals surface area contributed by atoms with Gasteiger partial charge in [-0.05, 0) is 72.0 Å². The first-order chi connectivity index (χ1) is 19.5. The van der Waals surface area contributed by atoms with Crippen LogP contribution in [0.4, 0.5) is 16.3 Å². The van der Waals surface area contributed by atoms with Gasteiger partial charge in [0, 0.05) is 53.3 Å². The summed E-state index contributed by atoms with van der Waals surface area (Å²) in [6, 6.07) is 23.1. The summed E-state index contributed by atoms with van der Waals surface area (Å²) < 4.78 is 0.951. The summed E-state index contributed by atoms with van der Waals surface area (Å²) in [5.41, 5.74) is 4.65. The molecular weight excluding hydrogens is 566 g/mol. The maximum Gasteiger partial charge on any atom is 0.322 e. The van der Waals surface area contributed by atoms with Gasteiger partial charge >= 0.3 is 6.03 Å². The van der Waals surface area contributed by atoms with Gasteiger partial charge in [-0.25, -0.2) is 9.78 Å². The number of carbonyl (C=O) groups is 2. The van der Waals surface area contributed by atoms with Gasteiger partial charge < -0.3 is 15.5 Å². The van der Waals surface area contributed by atoms with Gasteiger partial charge in [0.05, 0.1) is 0 Å². The van der Waals surface area contributed by atoms with E-state index in [0.717, 1.165) is 58.1 Å². The lowest BCUT2D eigenvalue weighted by atomic mass is 9.89. The predicted molar refractivity (Wildman–Crippen MR) is 162 cm³/mol. The van der Waals surface area contributed by atoms with Crippen LogP contribution >= 0.6 is 15.9 Å². The van der Waals surface area contributed by atoms with E-state index in [-0.39, 0.29) is 17.9 Å². The maximum atomic E-state index is 13.2. The molecule has 2 heterocycles. The summed E-state index contributed by atoms with van der Waals surface area (Å²) in [6.45, 7) is 0.859. The monoisotopic (exact) mass is 597 g/mol. The summed E-state index contributed by atoms with van der Waals surface area (Å²) in [7, 11) is 0. The lowest BCUT2D eigenvalue weighted by molar-refractivity contribution is -0.120. The molecule has 3 amide bonds. The molecule has 4 aromatic rings. The summed E-state index contributed by atoms with van der Waals surface area (Å²) in [4.78, 5) is 36.2. The van der Waals surface area contributed by atoms with Crippen LogP contribution in [-0.2, 0) is 17.9 Å². The number of hydrogen-bond acceptors (Lipinski definition) is 4. The fraction of sp³-hybridized carbons (Fsp3) is 0.250. The van der Waals surface area contributed by atoms with E-state index in [1.807, 2.05) is 72.8 Å². The van der Waals surface area contributed by atoms with Crippen LogP contribution in [0.5, 0.6) is 0 Å². The molecule has 8 heteroatoms. The Morgan fingerprint density at radius 1 is 0.800 bits per heavy atom. The second kappa shape index (κ2) is 13.3. The van der Waals surface area contributed by atoms with Gasteiger partial charge in [-0.2, -0.15) is 0 Å². The molecule has 0 spiro atoms. The van der Waals surface area contributed by atoms with Crippen LogP contribution < -0.4 is 10.6 Å². The lowest BCUT2D eigenvalue weighted by Gasteiger charge is -2.23. The minimum atomic E-state index is -0.190. The van der Waals surface area contributed by atoms with E-state index in [9.17, 15) is 9.59 Å². The molecule has 1 fully saturated rings. The molecule has 5 rings (SSSR count). The molecule has 0 atom stereocenters. The second-order valence-electron chi connectivity index (χ2n) is 10.1. The predicted octanol–water partition coefficient (Wildman–Crippen LogP) is 7.66. The van der Waals surface area contributed by atoms with E-state index in [1.54, 1.807) is 23.5 Å². The topological polar surface area (TPSA) is 87.2 Å². The molecule has 40 heavy (non-hydrogen) atoms. The van der Waals surface area contributed by atoms with Crippen LogP contribution in [-0.4, -0.2) is 26.8 Å². The molecule has 1 saturated carbocycles. The van der Waals surface area contributed by atoms with Crippen LogP contribution in [0.2, 0.25) is 0 Å². The van der Waals surface area contributed by atoms with Crippen molar-refractivity contribution in [3.05, 3.63) is 107 Å². The standard InChI is InChI=1S/C32H32BrN5O2/c33-28-13-15-29(16-14-28)36-32(40)38(22-24-5-4-18-34-19-24)21-23-8-10-25(11-9-23)27-12-17-30(35-20-27)37-31(39)26-6-2-1-3-7-26/h4-5,8-20,26H,1-3,6-7,21-22H2,(H,36,40)(H,35,37,39). The molecule has 1 aliphatic rings. The molecule has 0 bridgehead atoms. The quantitative estimate of drug-likeness (QED) is 0.218. The van der Waals surface area contributed by atoms with Crippen LogP contribution in [0.15, 0.2) is 95.9 Å². The Labute approximate surface area is 243 Å². The number of pyridine rings is 2. The van der Waals surface area contributed by atoms with Gasteiger partial charge in [0.15, 0.2) is 0 Å². The molecule has 1 aliphatic carbocycles. The van der Waals surface area contributed by atoms with Crippen molar-refractivity contribution in [3.63, 3.8) is 0 Å². The van der Waals surface area contributed by atoms with E-state index in [2.05, 4.69) is 36.5 Å². The minimum Gasteiger partial charge on any atom is -0.316 e. The highest BCUT2D eigenvalue weighted by atomic mass is 79.9. The molecule has 2 N–H and O–H groups in total. The molecule has 0 radical (unpaired) electrons. The zero-order valence-corrected chi connectivity index (χ0v) is 23.8. The average molecular weight is 599 g/mol. The lowest BCUT2D eigenvalue weighted by Crippen LogP contribution is -2.34. The van der Waals surface area contributed by atoms with Gasteiger partial charge in [0.2, 0.25) is 5.91 Å². The Morgan fingerprint density at radius 2 is 1.52 bits per heavy atom. The van der Waals surface area contributed by atoms with Crippen molar-refractivity contribution < 1.29 is 9.59 Å². The number of hydrogen-bond donors (Lipinski definition) is 2. The maximum absolute atomic E-state index is 13.2. The molecule has 0 saturated heterocycles. The second-order valence-corrected chi connectivity index (χ2v) is 11.0. The molecule has 0 unspecified atom stereocenters. The van der Waals surface area contributed by atoms with E-state index >= 15 is 0 Å². The van der Waals surface area contributed by atoms with Gasteiger partial charge in [-0.15, -0.1) is 0 Å². The smallest absolute Gasteiger partial charge is 0.316 e. The van der Waals surface area contributed by atoms with Gasteiger partial charge in [-0.3, -0.25) is 9.78 Å². The van der Waals surface area contributed by atoms with Crippen molar-refractivity contribution in [1.82, 2.24) is 14.9 Å². The molecule has 204 valence electrons. The average Bonchev–Trinajstić information content (AvgIpc) is 3.00. The Morgan fingerprint density at radius 3 is 2.20 bits per heavy atom. The first kappa shape index (κ1) is 27.5. The highest BCUT2D eigenvalue weighted by Gasteiger charge is 2.21. The molecule has 2 aromatic heterocycles. The zero-order valence-electron chi connectivity index (χ0n) is 22.2. The van der Waals surface area contributed by atoms with Crippen molar-refractivity contribution in [3.8, 4) is 11.1 Å². The Hall–Kier alpha value is -4.04. The molecule has 2 aromatic carbocycles. The van der Waals surface area contributed by atoms with E-state index in [4.69, 9.17) is 0 Å². The SMILES string of the molecule is O=C(Nc1ccc(-c2ccc(CN(Cc3cccnc3)C(=O)Nc3ccc(Br)cc3)cc2)cn1)C1CCCCC1. The largest absolute Gasteiger partial charge is 0.322 e. The van der Waals surface area contributed by atoms with Crippen LogP contribution in [0.25, 0.3) is 11.1 Å². The number of amides is 3. The number of anilines is 2. The van der Waals surface area contributed by atoms with Gasteiger partial charge in [0.25, 0.3) is 0 Å². The Kier molecular flexibility index (Phi) is 9.18. The highest BCUT2D eigenvalue weighted by molar-refractivity contribution is 9.10. The van der Waals surface area contributed by atoms with Crippen molar-refractivity contribution >= 4 is 39.4 Å². The number of nitrogens with one attached hydrogen (secondary N) is 2. The number of nitrogens with zero attached hydrogens (tertiary/aromatic N) is 3. The fourth-order valence-corrected chi connectivity index (χ4v) is 5.17. The van der Waals surface area contributed by atoms with E-state index < -0.39 is 0 Å². The minimum absolute atomic E-state index is 0.0734. The van der Waals surface area contributed by atoms with Crippen LogP contribution in [0.1, 0.15) is 43.2 Å². The van der Waals surface area contributed by atoms with Crippen LogP contribution in [0, 0.1) is 5.92 Å². The molecule has 0 aliphatic heterocycles. The zero-order chi connectivity index (χ0) is 27.7. The normalized spacial score (nSPS) is 13.4. The third-order valence-electron chi connectivity index (χ3n) is 7.13. The number of halogens is 1. The Balaban J connectivity index is 1.24. The summed E-state index contributed by atoms with van der Waals surface area (Å²) in [5.74, 6) is 0.750. The van der Waals surface area contributed by atoms with Crippen molar-refractivity contribution in [2.45, 2.75) is 45.2 Å². The first-order valence-electron chi connectivity index (χ1n) is 13.6. The first-order valence-corrected chi connectivity index (χ1v) is 14.4. The summed E-state index contributed by atoms with van der Waals surface area (Å²) >= 11 is 3.43. The molecule has 7 nitrogen and oxygen atoms in total. The van der Waals surface area contributed by atoms with Gasteiger partial charge in [-0.1, -0.05) is 65.5 Å². The number of rotatable bonds is 8. The van der Waals surface area contributed by atoms with Crippen molar-refractivity contribution in [2.24, 2.45) is 5.92 Å². The Bertz CT molecular complexity index is 1400. The van der Waals surface area contributed by atoms with E-state index in [0.29, 0.717) is 18.9 Å².